The third kappa shape index (κ3) is 3.34. The number of amides is 2. The predicted molar refractivity (Wildman–Crippen MR) is 59.7 cm³/mol. The summed E-state index contributed by atoms with van der Waals surface area (Å²) in [5.74, 6) is -0.422. The Morgan fingerprint density at radius 3 is 2.94 bits per heavy atom. The van der Waals surface area contributed by atoms with Crippen LogP contribution in [0.25, 0.3) is 0 Å². The highest BCUT2D eigenvalue weighted by molar-refractivity contribution is 5.99. The van der Waals surface area contributed by atoms with Crippen LogP contribution in [0.2, 0.25) is 0 Å². The van der Waals surface area contributed by atoms with Crippen LogP contribution in [0.3, 0.4) is 0 Å². The third-order valence-corrected chi connectivity index (χ3v) is 2.04. The zero-order chi connectivity index (χ0) is 12.0. The Kier molecular flexibility index (Phi) is 4.44. The second-order valence-electron chi connectivity index (χ2n) is 3.25. The summed E-state index contributed by atoms with van der Waals surface area (Å²) >= 11 is 0. The second kappa shape index (κ2) is 5.85. The number of carbonyl (C=O) groups is 2. The average Bonchev–Trinajstić information content (AvgIpc) is 2.27. The lowest BCUT2D eigenvalue weighted by atomic mass is 10.1. The quantitative estimate of drug-likeness (QED) is 0.333. The number of carbonyl (C=O) groups excluding carboxylic acids is 2. The monoisotopic (exact) mass is 222 g/mol. The van der Waals surface area contributed by atoms with Crippen LogP contribution in [0, 0.1) is 0 Å². The summed E-state index contributed by atoms with van der Waals surface area (Å²) in [5, 5.41) is 2.20. The number of nitrogens with zero attached hydrogens (tertiary/aromatic N) is 1. The van der Waals surface area contributed by atoms with Crippen molar-refractivity contribution in [3.05, 3.63) is 24.1 Å². The molecule has 1 fully saturated rings. The standard InChI is InChI=1S/C11H14N2O3/c1-3-4-5-10(12-2)16-8-6-7-9(14)13-11(8)15/h3-5,8H,2,6-7H2,1H3,(H,13,14,15)/b4-3-,10-5+. The van der Waals surface area contributed by atoms with E-state index >= 15 is 0 Å². The van der Waals surface area contributed by atoms with Gasteiger partial charge in [-0.15, -0.1) is 0 Å². The molecular weight excluding hydrogens is 208 g/mol. The van der Waals surface area contributed by atoms with Gasteiger partial charge in [0.2, 0.25) is 11.8 Å². The minimum atomic E-state index is -0.667. The van der Waals surface area contributed by atoms with Gasteiger partial charge in [-0.1, -0.05) is 12.2 Å². The van der Waals surface area contributed by atoms with E-state index in [4.69, 9.17) is 4.74 Å². The zero-order valence-corrected chi connectivity index (χ0v) is 9.10. The summed E-state index contributed by atoms with van der Waals surface area (Å²) in [6.45, 7) is 5.19. The van der Waals surface area contributed by atoms with Gasteiger partial charge in [-0.2, -0.15) is 0 Å². The van der Waals surface area contributed by atoms with Crippen LogP contribution in [-0.2, 0) is 14.3 Å². The summed E-state index contributed by atoms with van der Waals surface area (Å²) in [6.07, 6.45) is 5.13. The van der Waals surface area contributed by atoms with Crippen molar-refractivity contribution in [2.75, 3.05) is 0 Å². The number of hydrogen-bond acceptors (Lipinski definition) is 4. The first-order chi connectivity index (χ1) is 7.67. The summed E-state index contributed by atoms with van der Waals surface area (Å²) in [7, 11) is 0. The number of imide groups is 1. The lowest BCUT2D eigenvalue weighted by Crippen LogP contribution is -2.44. The number of aliphatic imine (C=N–C) groups is 1. The molecule has 5 nitrogen and oxygen atoms in total. The molecule has 0 aromatic carbocycles. The molecule has 86 valence electrons. The molecule has 1 heterocycles. The molecule has 0 saturated carbocycles. The number of rotatable bonds is 4. The number of piperidine rings is 1. The first kappa shape index (κ1) is 12.2. The average molecular weight is 222 g/mol. The molecular formula is C11H14N2O3. The first-order valence-corrected chi connectivity index (χ1v) is 4.97. The fraction of sp³-hybridized carbons (Fsp3) is 0.364. The van der Waals surface area contributed by atoms with Crippen molar-refractivity contribution in [2.45, 2.75) is 25.9 Å². The van der Waals surface area contributed by atoms with Gasteiger partial charge in [-0.05, 0) is 19.7 Å². The lowest BCUT2D eigenvalue weighted by Gasteiger charge is -2.21. The molecule has 5 heteroatoms. The van der Waals surface area contributed by atoms with E-state index in [0.29, 0.717) is 6.42 Å². The zero-order valence-electron chi connectivity index (χ0n) is 9.10. The highest BCUT2D eigenvalue weighted by Gasteiger charge is 2.28. The summed E-state index contributed by atoms with van der Waals surface area (Å²) < 4.78 is 5.32. The van der Waals surface area contributed by atoms with E-state index < -0.39 is 12.0 Å². The van der Waals surface area contributed by atoms with Crippen molar-refractivity contribution in [3.63, 3.8) is 0 Å². The van der Waals surface area contributed by atoms with Crippen LogP contribution in [0.5, 0.6) is 0 Å². The Labute approximate surface area is 93.9 Å². The number of hydrogen-bond donors (Lipinski definition) is 1. The SMILES string of the molecule is C=N/C(=C\C=C/C)OC1CCC(=O)NC1=O. The molecule has 1 aliphatic heterocycles. The minimum Gasteiger partial charge on any atom is -0.464 e. The van der Waals surface area contributed by atoms with Crippen molar-refractivity contribution >= 4 is 18.5 Å². The van der Waals surface area contributed by atoms with Crippen LogP contribution >= 0.6 is 0 Å². The Balaban J connectivity index is 2.62. The van der Waals surface area contributed by atoms with Gasteiger partial charge in [0, 0.05) is 12.8 Å². The highest BCUT2D eigenvalue weighted by atomic mass is 16.5. The fourth-order valence-corrected chi connectivity index (χ4v) is 1.24. The minimum absolute atomic E-state index is 0.268. The maximum Gasteiger partial charge on any atom is 0.267 e. The van der Waals surface area contributed by atoms with Crippen LogP contribution < -0.4 is 5.32 Å². The van der Waals surface area contributed by atoms with E-state index in [0.717, 1.165) is 0 Å². The molecule has 2 amide bonds. The van der Waals surface area contributed by atoms with Crippen molar-refractivity contribution in [2.24, 2.45) is 4.99 Å². The van der Waals surface area contributed by atoms with Crippen LogP contribution in [-0.4, -0.2) is 24.6 Å². The summed E-state index contributed by atoms with van der Waals surface area (Å²) in [6, 6.07) is 0. The van der Waals surface area contributed by atoms with Crippen molar-refractivity contribution in [1.29, 1.82) is 0 Å². The molecule has 0 aliphatic carbocycles. The van der Waals surface area contributed by atoms with Gasteiger partial charge in [-0.25, -0.2) is 4.99 Å². The largest absolute Gasteiger partial charge is 0.464 e. The third-order valence-electron chi connectivity index (χ3n) is 2.04. The van der Waals surface area contributed by atoms with Gasteiger partial charge in [0.25, 0.3) is 5.91 Å². The number of ether oxygens (including phenoxy) is 1. The normalized spacial score (nSPS) is 22.1. The number of allylic oxidation sites excluding steroid dienone is 3. The van der Waals surface area contributed by atoms with Gasteiger partial charge >= 0.3 is 0 Å². The summed E-state index contributed by atoms with van der Waals surface area (Å²) in [4.78, 5) is 25.9. The van der Waals surface area contributed by atoms with Gasteiger partial charge in [0.1, 0.15) is 0 Å². The van der Waals surface area contributed by atoms with Crippen LogP contribution in [0.15, 0.2) is 29.1 Å². The van der Waals surface area contributed by atoms with Gasteiger partial charge in [0.15, 0.2) is 6.10 Å². The summed E-state index contributed by atoms with van der Waals surface area (Å²) in [5.41, 5.74) is 0. The molecule has 0 aromatic rings. The van der Waals surface area contributed by atoms with E-state index in [2.05, 4.69) is 17.0 Å². The molecule has 0 aromatic heterocycles. The molecule has 0 spiro atoms. The molecule has 1 saturated heterocycles. The first-order valence-electron chi connectivity index (χ1n) is 4.97. The van der Waals surface area contributed by atoms with Crippen molar-refractivity contribution in [3.8, 4) is 0 Å². The van der Waals surface area contributed by atoms with Gasteiger partial charge in [0.05, 0.1) is 0 Å². The lowest BCUT2D eigenvalue weighted by molar-refractivity contribution is -0.141. The second-order valence-corrected chi connectivity index (χ2v) is 3.25. The maximum absolute atomic E-state index is 11.4. The number of nitrogens with one attached hydrogen (secondary N) is 1. The molecule has 1 N–H and O–H groups in total. The molecule has 0 bridgehead atoms. The van der Waals surface area contributed by atoms with E-state index in [1.54, 1.807) is 18.2 Å². The van der Waals surface area contributed by atoms with E-state index in [1.165, 1.54) is 0 Å². The Morgan fingerprint density at radius 1 is 1.62 bits per heavy atom. The topological polar surface area (TPSA) is 67.8 Å². The predicted octanol–water partition coefficient (Wildman–Crippen LogP) is 0.926. The van der Waals surface area contributed by atoms with Crippen molar-refractivity contribution in [1.82, 2.24) is 5.32 Å². The molecule has 1 unspecified atom stereocenters. The highest BCUT2D eigenvalue weighted by Crippen LogP contribution is 2.13. The Morgan fingerprint density at radius 2 is 2.38 bits per heavy atom. The van der Waals surface area contributed by atoms with Gasteiger partial charge in [-0.3, -0.25) is 14.9 Å². The molecule has 16 heavy (non-hydrogen) atoms. The fourth-order valence-electron chi connectivity index (χ4n) is 1.24. The van der Waals surface area contributed by atoms with E-state index in [-0.39, 0.29) is 18.2 Å². The van der Waals surface area contributed by atoms with Crippen LogP contribution in [0.1, 0.15) is 19.8 Å². The van der Waals surface area contributed by atoms with E-state index in [1.807, 2.05) is 6.92 Å². The molecule has 0 radical (unpaired) electrons. The van der Waals surface area contributed by atoms with Crippen LogP contribution in [0.4, 0.5) is 0 Å². The Hall–Kier alpha value is -1.91. The van der Waals surface area contributed by atoms with Gasteiger partial charge < -0.3 is 4.74 Å². The Bertz CT molecular complexity index is 358. The molecule has 1 aliphatic rings. The molecule has 1 atom stereocenters. The molecule has 1 rings (SSSR count). The van der Waals surface area contributed by atoms with E-state index in [9.17, 15) is 9.59 Å². The maximum atomic E-state index is 11.4. The smallest absolute Gasteiger partial charge is 0.267 e. The van der Waals surface area contributed by atoms with Crippen molar-refractivity contribution < 1.29 is 14.3 Å².